The Kier molecular flexibility index (Phi) is 8.10. The van der Waals surface area contributed by atoms with E-state index in [0.717, 1.165) is 6.42 Å². The zero-order valence-corrected chi connectivity index (χ0v) is 13.6. The zero-order valence-electron chi connectivity index (χ0n) is 11.9. The normalized spacial score (nSPS) is 10.3. The van der Waals surface area contributed by atoms with Crippen LogP contribution in [0.5, 0.6) is 0 Å². The molecule has 2 N–H and O–H groups in total. The van der Waals surface area contributed by atoms with Gasteiger partial charge in [0.15, 0.2) is 0 Å². The Morgan fingerprint density at radius 1 is 1.11 bits per heavy atom. The first-order valence-electron chi connectivity index (χ1n) is 6.98. The number of nitrogens with two attached hydrogens (primary N) is 1. The van der Waals surface area contributed by atoms with E-state index in [1.807, 2.05) is 11.3 Å². The van der Waals surface area contributed by atoms with Gasteiger partial charge in [0.25, 0.3) is 0 Å². The lowest BCUT2D eigenvalue weighted by Gasteiger charge is -2.00. The van der Waals surface area contributed by atoms with E-state index in [0.29, 0.717) is 0 Å². The summed E-state index contributed by atoms with van der Waals surface area (Å²) in [6.45, 7) is 4.48. The van der Waals surface area contributed by atoms with Crippen LogP contribution in [0, 0.1) is 0 Å². The van der Waals surface area contributed by atoms with Gasteiger partial charge >= 0.3 is 0 Å². The Labute approximate surface area is 126 Å². The van der Waals surface area contributed by atoms with Crippen LogP contribution in [0.3, 0.4) is 0 Å². The largest absolute Gasteiger partial charge is 0.281 e. The van der Waals surface area contributed by atoms with Crippen LogP contribution in [0.25, 0.3) is 10.2 Å². The minimum Gasteiger partial charge on any atom is -0.281 e. The van der Waals surface area contributed by atoms with Crippen molar-refractivity contribution in [3.8, 4) is 0 Å². The number of aromatic nitrogens is 1. The van der Waals surface area contributed by atoms with Gasteiger partial charge in [-0.15, -0.1) is 24.2 Å². The van der Waals surface area contributed by atoms with E-state index in [9.17, 15) is 0 Å². The van der Waals surface area contributed by atoms with Gasteiger partial charge in [-0.25, -0.2) is 4.98 Å². The first kappa shape index (κ1) is 16.5. The van der Waals surface area contributed by atoms with Crippen LogP contribution in [0.15, 0.2) is 18.2 Å². The number of nitrogens with zero attached hydrogens (tertiary/aromatic N) is 1. The second-order valence-electron chi connectivity index (χ2n) is 4.58. The summed E-state index contributed by atoms with van der Waals surface area (Å²) in [5.74, 6) is 0. The molecule has 4 heteroatoms. The maximum atomic E-state index is 4.82. The lowest BCUT2D eigenvalue weighted by Crippen LogP contribution is -1.87. The molecule has 0 saturated heterocycles. The number of hydrogen-bond acceptors (Lipinski definition) is 4. The molecule has 19 heavy (non-hydrogen) atoms. The summed E-state index contributed by atoms with van der Waals surface area (Å²) >= 11 is 4.90. The van der Waals surface area contributed by atoms with E-state index in [1.165, 1.54) is 52.9 Å². The SMILES string of the molecule is CCCCc1nc2c(CCCC)cccc2s1.NS. The molecule has 0 unspecified atom stereocenters. The zero-order chi connectivity index (χ0) is 14.1. The molecular weight excluding hydrogens is 272 g/mol. The van der Waals surface area contributed by atoms with Crippen LogP contribution in [0.4, 0.5) is 0 Å². The average Bonchev–Trinajstić information content (AvgIpc) is 2.88. The maximum Gasteiger partial charge on any atom is 0.0938 e. The molecule has 2 nitrogen and oxygen atoms in total. The molecule has 0 spiro atoms. The van der Waals surface area contributed by atoms with Crippen molar-refractivity contribution >= 4 is 34.4 Å². The molecular formula is C15H24N2S2. The summed E-state index contributed by atoms with van der Waals surface area (Å²) in [6.07, 6.45) is 7.33. The highest BCUT2D eigenvalue weighted by Crippen LogP contribution is 2.26. The quantitative estimate of drug-likeness (QED) is 0.754. The van der Waals surface area contributed by atoms with Gasteiger partial charge < -0.3 is 0 Å². The smallest absolute Gasteiger partial charge is 0.0938 e. The highest BCUT2D eigenvalue weighted by Gasteiger charge is 2.07. The van der Waals surface area contributed by atoms with Crippen molar-refractivity contribution in [2.75, 3.05) is 0 Å². The van der Waals surface area contributed by atoms with Crippen molar-refractivity contribution in [1.29, 1.82) is 0 Å². The third-order valence-electron chi connectivity index (χ3n) is 3.09. The predicted octanol–water partition coefficient (Wildman–Crippen LogP) is 4.77. The van der Waals surface area contributed by atoms with Crippen molar-refractivity contribution in [3.63, 3.8) is 0 Å². The highest BCUT2D eigenvalue weighted by molar-refractivity contribution is 7.77. The molecule has 0 fully saturated rings. The van der Waals surface area contributed by atoms with Crippen molar-refractivity contribution in [2.24, 2.45) is 5.14 Å². The lowest BCUT2D eigenvalue weighted by molar-refractivity contribution is 0.787. The average molecular weight is 297 g/mol. The number of thiol groups is 1. The van der Waals surface area contributed by atoms with Gasteiger partial charge in [-0.05, 0) is 37.3 Å². The van der Waals surface area contributed by atoms with Gasteiger partial charge in [0, 0.05) is 0 Å². The standard InChI is InChI=1S/C15H21NS.H3NS/c1-3-5-8-12-9-7-10-13-15(12)16-14(17-13)11-6-4-2;1-2/h7,9-10H,3-6,8,11H2,1-2H3;2H,1H2. The fraction of sp³-hybridized carbons (Fsp3) is 0.533. The summed E-state index contributed by atoms with van der Waals surface area (Å²) in [7, 11) is 0. The Morgan fingerprint density at radius 3 is 2.47 bits per heavy atom. The Morgan fingerprint density at radius 2 is 1.79 bits per heavy atom. The third-order valence-corrected chi connectivity index (χ3v) is 4.17. The molecule has 1 aromatic heterocycles. The second kappa shape index (κ2) is 9.34. The minimum absolute atomic E-state index is 1.14. The van der Waals surface area contributed by atoms with E-state index in [1.54, 1.807) is 0 Å². The molecule has 0 aliphatic carbocycles. The third kappa shape index (κ3) is 4.79. The van der Waals surface area contributed by atoms with Crippen molar-refractivity contribution in [1.82, 2.24) is 4.98 Å². The number of hydrogen-bond donors (Lipinski definition) is 2. The van der Waals surface area contributed by atoms with Gasteiger partial charge in [-0.2, -0.15) is 0 Å². The molecule has 0 radical (unpaired) electrons. The fourth-order valence-corrected chi connectivity index (χ4v) is 3.11. The van der Waals surface area contributed by atoms with Crippen molar-refractivity contribution < 1.29 is 0 Å². The highest BCUT2D eigenvalue weighted by atomic mass is 32.1. The van der Waals surface area contributed by atoms with Gasteiger partial charge in [-0.1, -0.05) is 38.8 Å². The van der Waals surface area contributed by atoms with Crippen LogP contribution in [-0.4, -0.2) is 4.98 Å². The van der Waals surface area contributed by atoms with Crippen LogP contribution in [-0.2, 0) is 12.8 Å². The molecule has 106 valence electrons. The number of aryl methyl sites for hydroxylation is 2. The number of rotatable bonds is 6. The fourth-order valence-electron chi connectivity index (χ4n) is 2.06. The summed E-state index contributed by atoms with van der Waals surface area (Å²) in [5, 5.41) is 5.51. The lowest BCUT2D eigenvalue weighted by atomic mass is 10.1. The predicted molar refractivity (Wildman–Crippen MR) is 90.0 cm³/mol. The number of thiazole rings is 1. The Bertz CT molecular complexity index is 480. The van der Waals surface area contributed by atoms with E-state index < -0.39 is 0 Å². The summed E-state index contributed by atoms with van der Waals surface area (Å²) < 4.78 is 1.37. The first-order chi connectivity index (χ1) is 9.35. The molecule has 0 atom stereocenters. The van der Waals surface area contributed by atoms with Gasteiger partial charge in [0.1, 0.15) is 0 Å². The van der Waals surface area contributed by atoms with Crippen molar-refractivity contribution in [3.05, 3.63) is 28.8 Å². The first-order valence-corrected chi connectivity index (χ1v) is 8.31. The molecule has 1 heterocycles. The van der Waals surface area contributed by atoms with E-state index in [4.69, 9.17) is 4.98 Å². The topological polar surface area (TPSA) is 38.9 Å². The van der Waals surface area contributed by atoms with Crippen LogP contribution in [0.2, 0.25) is 0 Å². The Hall–Kier alpha value is -0.580. The van der Waals surface area contributed by atoms with Gasteiger partial charge in [-0.3, -0.25) is 5.14 Å². The molecule has 2 rings (SSSR count). The summed E-state index contributed by atoms with van der Waals surface area (Å²) in [6, 6.07) is 6.62. The van der Waals surface area contributed by atoms with Crippen LogP contribution in [0.1, 0.15) is 50.1 Å². The summed E-state index contributed by atoms with van der Waals surface area (Å²) in [4.78, 5) is 4.82. The van der Waals surface area contributed by atoms with E-state index in [-0.39, 0.29) is 0 Å². The molecule has 0 saturated carbocycles. The van der Waals surface area contributed by atoms with E-state index >= 15 is 0 Å². The molecule has 2 aromatic rings. The Balaban J connectivity index is 0.000000861. The molecule has 0 amide bonds. The number of para-hydroxylation sites is 1. The van der Waals surface area contributed by atoms with E-state index in [2.05, 4.69) is 50.0 Å². The monoisotopic (exact) mass is 296 g/mol. The molecule has 1 aromatic carbocycles. The van der Waals surface area contributed by atoms with Gasteiger partial charge in [0.2, 0.25) is 0 Å². The number of fused-ring (bicyclic) bond motifs is 1. The van der Waals surface area contributed by atoms with Crippen LogP contribution < -0.4 is 5.14 Å². The summed E-state index contributed by atoms with van der Waals surface area (Å²) in [5.41, 5.74) is 2.69. The number of benzene rings is 1. The van der Waals surface area contributed by atoms with Gasteiger partial charge in [0.05, 0.1) is 15.2 Å². The molecule has 0 aliphatic heterocycles. The number of unbranched alkanes of at least 4 members (excludes halogenated alkanes) is 2. The molecule has 0 aliphatic rings. The molecule has 0 bridgehead atoms. The minimum atomic E-state index is 1.14. The van der Waals surface area contributed by atoms with Crippen LogP contribution >= 0.6 is 24.2 Å². The van der Waals surface area contributed by atoms with Crippen molar-refractivity contribution in [2.45, 2.75) is 52.4 Å². The maximum absolute atomic E-state index is 4.82. The second-order valence-corrected chi connectivity index (χ2v) is 5.69.